The van der Waals surface area contributed by atoms with Crippen LogP contribution < -0.4 is 19.2 Å². The number of hydrogen-bond donors (Lipinski definition) is 1. The summed E-state index contributed by atoms with van der Waals surface area (Å²) < 4.78 is 69.7. The van der Waals surface area contributed by atoms with Crippen LogP contribution in [0.15, 0.2) is 54.9 Å². The van der Waals surface area contributed by atoms with E-state index < -0.39 is 28.7 Å². The quantitative estimate of drug-likeness (QED) is 0.211. The van der Waals surface area contributed by atoms with E-state index in [9.17, 15) is 22.0 Å². The second-order valence-electron chi connectivity index (χ2n) is 10.4. The van der Waals surface area contributed by atoms with Crippen molar-refractivity contribution in [1.29, 1.82) is 0 Å². The van der Waals surface area contributed by atoms with Crippen LogP contribution in [0.2, 0.25) is 10.0 Å². The molecule has 9 nitrogen and oxygen atoms in total. The summed E-state index contributed by atoms with van der Waals surface area (Å²) in [5.41, 5.74) is 1.38. The Hall–Kier alpha value is -3.19. The van der Waals surface area contributed by atoms with E-state index in [2.05, 4.69) is 14.4 Å². The molecule has 2 N–H and O–H groups in total. The average Bonchev–Trinajstić information content (AvgIpc) is 3.77. The molecule has 0 bridgehead atoms. The number of nitrogens with one attached hydrogen (secondary N) is 2. The van der Waals surface area contributed by atoms with Gasteiger partial charge < -0.3 is 19.1 Å². The molecule has 0 spiro atoms. The third-order valence-corrected chi connectivity index (χ3v) is 8.50. The molecular weight excluding hydrogens is 627 g/mol. The molecule has 0 radical (unpaired) electrons. The van der Waals surface area contributed by atoms with Crippen LogP contribution in [0.3, 0.4) is 0 Å². The number of nitrogens with zero attached hydrogens (tertiary/aromatic N) is 1. The number of rotatable bonds is 15. The Morgan fingerprint density at radius 3 is 2.35 bits per heavy atom. The number of esters is 1. The van der Waals surface area contributed by atoms with E-state index in [1.807, 2.05) is 0 Å². The summed E-state index contributed by atoms with van der Waals surface area (Å²) in [6, 6.07) is 10.1. The first-order valence-electron chi connectivity index (χ1n) is 13.4. The van der Waals surface area contributed by atoms with Gasteiger partial charge in [-0.25, -0.2) is 18.2 Å². The Morgan fingerprint density at radius 2 is 1.74 bits per heavy atom. The number of ether oxygens (including phenoxy) is 3. The van der Waals surface area contributed by atoms with E-state index in [4.69, 9.17) is 32.7 Å². The maximum absolute atomic E-state index is 13.3. The Morgan fingerprint density at radius 1 is 1.07 bits per heavy atom. The highest BCUT2D eigenvalue weighted by Gasteiger charge is 2.26. The molecule has 1 aromatic heterocycles. The number of benzene rings is 2. The van der Waals surface area contributed by atoms with Crippen LogP contribution in [0.4, 0.5) is 14.5 Å². The molecule has 0 unspecified atom stereocenters. The van der Waals surface area contributed by atoms with Gasteiger partial charge in [-0.15, -0.1) is 0 Å². The van der Waals surface area contributed by atoms with E-state index in [1.165, 1.54) is 54.9 Å². The van der Waals surface area contributed by atoms with Crippen molar-refractivity contribution in [2.75, 3.05) is 37.7 Å². The molecule has 43 heavy (non-hydrogen) atoms. The van der Waals surface area contributed by atoms with E-state index in [1.54, 1.807) is 19.0 Å². The van der Waals surface area contributed by atoms with Crippen molar-refractivity contribution in [3.05, 3.63) is 81.6 Å². The van der Waals surface area contributed by atoms with Crippen LogP contribution in [-0.2, 0) is 21.2 Å². The van der Waals surface area contributed by atoms with Crippen molar-refractivity contribution < 1.29 is 41.2 Å². The molecule has 0 saturated heterocycles. The molecule has 1 atom stereocenters. The van der Waals surface area contributed by atoms with Crippen LogP contribution in [0.1, 0.15) is 40.4 Å². The lowest BCUT2D eigenvalue weighted by atomic mass is 10.0. The molecule has 1 heterocycles. The summed E-state index contributed by atoms with van der Waals surface area (Å²) in [6.45, 7) is -2.37. The summed E-state index contributed by atoms with van der Waals surface area (Å²) in [4.78, 5) is 17.9. The number of halogens is 4. The van der Waals surface area contributed by atoms with E-state index >= 15 is 0 Å². The van der Waals surface area contributed by atoms with Crippen molar-refractivity contribution in [1.82, 2.24) is 4.90 Å². The number of pyridine rings is 1. The zero-order valence-electron chi connectivity index (χ0n) is 23.5. The maximum atomic E-state index is 13.3. The number of H-pyrrole nitrogens is 1. The van der Waals surface area contributed by atoms with Gasteiger partial charge in [-0.05, 0) is 74.8 Å². The SMILES string of the molecule is CN(C)CCS(=O)(=O)Nc1ccc(C(=O)O[C@@H](Cc2c(Cl)c[nH+]cc2Cl)c2ccc(OC(F)F)c(OCC3CC3)c2)cc1. The highest BCUT2D eigenvalue weighted by Crippen LogP contribution is 2.38. The molecule has 4 rings (SSSR count). The topological polar surface area (TPSA) is 108 Å². The van der Waals surface area contributed by atoms with Crippen LogP contribution in [0.5, 0.6) is 11.5 Å². The van der Waals surface area contributed by atoms with Gasteiger partial charge in [0.15, 0.2) is 23.9 Å². The number of anilines is 1. The minimum atomic E-state index is -3.59. The van der Waals surface area contributed by atoms with E-state index in [-0.39, 0.29) is 34.9 Å². The summed E-state index contributed by atoms with van der Waals surface area (Å²) in [5, 5.41) is 0.615. The molecule has 0 amide bonds. The van der Waals surface area contributed by atoms with Crippen molar-refractivity contribution in [3.8, 4) is 11.5 Å². The Kier molecular flexibility index (Phi) is 11.0. The van der Waals surface area contributed by atoms with Gasteiger partial charge in [0.1, 0.15) is 16.1 Å². The smallest absolute Gasteiger partial charge is 0.387 e. The number of aromatic nitrogens is 1. The Balaban J connectivity index is 1.58. The predicted molar refractivity (Wildman–Crippen MR) is 159 cm³/mol. The van der Waals surface area contributed by atoms with Crippen molar-refractivity contribution in [2.24, 2.45) is 5.92 Å². The molecule has 0 aliphatic heterocycles. The second kappa shape index (κ2) is 14.5. The Labute approximate surface area is 259 Å². The maximum Gasteiger partial charge on any atom is 0.387 e. The van der Waals surface area contributed by atoms with Gasteiger partial charge in [0, 0.05) is 24.2 Å². The lowest BCUT2D eigenvalue weighted by molar-refractivity contribution is -0.377. The molecule has 1 aliphatic carbocycles. The molecule has 3 aromatic rings. The molecular formula is C29H32Cl2F2N3O6S+. The summed E-state index contributed by atoms with van der Waals surface area (Å²) in [5.74, 6) is -0.513. The lowest BCUT2D eigenvalue weighted by Crippen LogP contribution is -2.26. The van der Waals surface area contributed by atoms with Gasteiger partial charge in [-0.2, -0.15) is 8.78 Å². The number of alkyl halides is 2. The fraction of sp³-hybridized carbons (Fsp3) is 0.379. The Bertz CT molecular complexity index is 1500. The van der Waals surface area contributed by atoms with Gasteiger partial charge in [0.25, 0.3) is 0 Å². The summed E-state index contributed by atoms with van der Waals surface area (Å²) in [6.07, 6.45) is 4.14. The fourth-order valence-corrected chi connectivity index (χ4v) is 5.75. The van der Waals surface area contributed by atoms with Crippen molar-refractivity contribution >= 4 is 44.9 Å². The van der Waals surface area contributed by atoms with Crippen molar-refractivity contribution in [2.45, 2.75) is 32.0 Å². The van der Waals surface area contributed by atoms with E-state index in [0.717, 1.165) is 12.8 Å². The number of sulfonamides is 1. The first-order valence-corrected chi connectivity index (χ1v) is 15.8. The zero-order chi connectivity index (χ0) is 31.1. The molecule has 232 valence electrons. The average molecular weight is 660 g/mol. The fourth-order valence-electron chi connectivity index (χ4n) is 4.01. The standard InChI is InChI=1S/C29H31Cl2F2N3O6S/c1-36(2)11-12-43(38,39)35-21-8-5-19(6-9-21)28(37)41-26(14-22-23(30)15-34-16-24(22)31)20-7-10-25(42-29(32)33)27(13-20)40-17-18-3-4-18/h5-10,13,15-16,18,26,29,35H,3-4,11-12,14,17H2,1-2H3/p+1/t26-/m0/s1. The lowest BCUT2D eigenvalue weighted by Gasteiger charge is -2.21. The molecule has 2 aromatic carbocycles. The number of carbonyl (C=O) groups excluding carboxylic acids is 1. The third kappa shape index (κ3) is 9.92. The van der Waals surface area contributed by atoms with Gasteiger partial charge in [-0.3, -0.25) is 4.72 Å². The highest BCUT2D eigenvalue weighted by atomic mass is 35.5. The van der Waals surface area contributed by atoms with Crippen LogP contribution in [0, 0.1) is 5.92 Å². The largest absolute Gasteiger partial charge is 0.489 e. The van der Waals surface area contributed by atoms with E-state index in [0.29, 0.717) is 40.2 Å². The van der Waals surface area contributed by atoms with Crippen LogP contribution in [-0.4, -0.2) is 58.9 Å². The third-order valence-electron chi connectivity index (χ3n) is 6.56. The van der Waals surface area contributed by atoms with Gasteiger partial charge in [0.05, 0.1) is 17.9 Å². The minimum absolute atomic E-state index is 0.0545. The molecule has 1 fully saturated rings. The number of aromatic amines is 1. The summed E-state index contributed by atoms with van der Waals surface area (Å²) in [7, 11) is -0.0413. The molecule has 1 aliphatic rings. The van der Waals surface area contributed by atoms with Crippen molar-refractivity contribution in [3.63, 3.8) is 0 Å². The summed E-state index contributed by atoms with van der Waals surface area (Å²) >= 11 is 12.8. The molecule has 1 saturated carbocycles. The highest BCUT2D eigenvalue weighted by molar-refractivity contribution is 7.92. The molecule has 14 heteroatoms. The monoisotopic (exact) mass is 658 g/mol. The predicted octanol–water partition coefficient (Wildman–Crippen LogP) is 5.64. The van der Waals surface area contributed by atoms with Gasteiger partial charge >= 0.3 is 12.6 Å². The zero-order valence-corrected chi connectivity index (χ0v) is 25.8. The minimum Gasteiger partial charge on any atom is -0.489 e. The van der Waals surface area contributed by atoms with Gasteiger partial charge in [0.2, 0.25) is 10.0 Å². The normalized spacial score (nSPS) is 14.0. The first-order chi connectivity index (χ1) is 20.4. The second-order valence-corrected chi connectivity index (χ2v) is 13.0. The number of carbonyl (C=O) groups is 1. The number of hydrogen-bond acceptors (Lipinski definition) is 7. The van der Waals surface area contributed by atoms with Gasteiger partial charge in [-0.1, -0.05) is 29.3 Å². The first kappa shape index (κ1) is 32.7. The van der Waals surface area contributed by atoms with Crippen LogP contribution in [0.25, 0.3) is 0 Å². The van der Waals surface area contributed by atoms with Crippen LogP contribution >= 0.6 is 23.2 Å².